The van der Waals surface area contributed by atoms with Crippen LogP contribution in [0.2, 0.25) is 0 Å². The lowest BCUT2D eigenvalue weighted by molar-refractivity contribution is -0.145. The number of hydrogen-bond acceptors (Lipinski definition) is 7. The van der Waals surface area contributed by atoms with Crippen molar-refractivity contribution in [1.29, 1.82) is 0 Å². The number of fused-ring (bicyclic) bond motifs is 7. The number of nitrogens with one attached hydrogen (secondary N) is 2. The van der Waals surface area contributed by atoms with Crippen LogP contribution < -0.4 is 25.8 Å². The summed E-state index contributed by atoms with van der Waals surface area (Å²) in [5.74, 6) is 0.0802. The maximum Gasteiger partial charge on any atom is 0.328 e. The minimum atomic E-state index is -0.924. The first kappa shape index (κ1) is 32.5. The fourth-order valence-electron chi connectivity index (χ4n) is 5.77. The molecule has 2 amide bonds. The molecule has 0 saturated heterocycles. The Balaban J connectivity index is 1.54. The molecule has 9 heteroatoms. The van der Waals surface area contributed by atoms with E-state index < -0.39 is 24.0 Å². The third-order valence-corrected chi connectivity index (χ3v) is 8.11. The highest BCUT2D eigenvalue weighted by atomic mass is 16.5. The number of ether oxygens (including phenoxy) is 3. The highest BCUT2D eigenvalue weighted by Crippen LogP contribution is 2.45. The number of amides is 2. The lowest BCUT2D eigenvalue weighted by Gasteiger charge is -2.22. The highest BCUT2D eigenvalue weighted by molar-refractivity contribution is 6.09. The van der Waals surface area contributed by atoms with E-state index in [-0.39, 0.29) is 32.0 Å². The maximum absolute atomic E-state index is 13.3. The molecule has 0 spiro atoms. The summed E-state index contributed by atoms with van der Waals surface area (Å²) in [6.45, 7) is 0.997. The van der Waals surface area contributed by atoms with Crippen LogP contribution in [-0.4, -0.2) is 56.7 Å². The molecule has 5 rings (SSSR count). The Kier molecular flexibility index (Phi) is 11.2. The molecule has 0 fully saturated rings. The van der Waals surface area contributed by atoms with Gasteiger partial charge in [-0.05, 0) is 72.3 Å². The molecule has 0 unspecified atom stereocenters. The minimum Gasteiger partial charge on any atom is -0.493 e. The van der Waals surface area contributed by atoms with E-state index in [1.165, 1.54) is 7.11 Å². The van der Waals surface area contributed by atoms with E-state index in [4.69, 9.17) is 19.9 Å². The zero-order valence-corrected chi connectivity index (χ0v) is 26.1. The molecule has 0 aliphatic carbocycles. The smallest absolute Gasteiger partial charge is 0.328 e. The monoisotopic (exact) mass is 623 g/mol. The van der Waals surface area contributed by atoms with Gasteiger partial charge in [-0.15, -0.1) is 0 Å². The first-order chi connectivity index (χ1) is 22.5. The molecular formula is C37H41N3O6. The Morgan fingerprint density at radius 3 is 2.15 bits per heavy atom. The first-order valence-electron chi connectivity index (χ1n) is 15.8. The summed E-state index contributed by atoms with van der Waals surface area (Å²) in [6, 6.07) is 22.6. The predicted molar refractivity (Wildman–Crippen MR) is 180 cm³/mol. The Morgan fingerprint density at radius 2 is 1.50 bits per heavy atom. The van der Waals surface area contributed by atoms with Gasteiger partial charge in [-0.25, -0.2) is 4.79 Å². The van der Waals surface area contributed by atoms with Gasteiger partial charge in [-0.1, -0.05) is 72.8 Å². The summed E-state index contributed by atoms with van der Waals surface area (Å²) in [6.07, 6.45) is 6.15. The van der Waals surface area contributed by atoms with E-state index in [2.05, 4.69) is 34.9 Å². The molecule has 4 aromatic carbocycles. The average Bonchev–Trinajstić information content (AvgIpc) is 3.08. The van der Waals surface area contributed by atoms with Crippen molar-refractivity contribution in [2.24, 2.45) is 5.73 Å². The molecule has 1 aliphatic heterocycles. The second-order valence-electron chi connectivity index (χ2n) is 11.3. The number of carbonyl (C=O) groups is 3. The maximum atomic E-state index is 13.3. The predicted octanol–water partition coefficient (Wildman–Crippen LogP) is 5.43. The SMILES string of the molecule is COC(=O)[C@@H]1CC=CCOc2ccc3ccccc3c2-c2c(ccc3ccccc23)OCCCC(=O)N[C@H](CCCCN)C(=O)N1. The molecule has 1 heterocycles. The van der Waals surface area contributed by atoms with Crippen molar-refractivity contribution in [2.75, 3.05) is 26.9 Å². The summed E-state index contributed by atoms with van der Waals surface area (Å²) in [5, 5.41) is 9.79. The number of esters is 1. The number of methoxy groups -OCH3 is 1. The van der Waals surface area contributed by atoms with Gasteiger partial charge in [0.05, 0.1) is 13.7 Å². The zero-order chi connectivity index (χ0) is 32.3. The molecule has 240 valence electrons. The number of rotatable bonds is 5. The van der Waals surface area contributed by atoms with Gasteiger partial charge in [-0.2, -0.15) is 0 Å². The second kappa shape index (κ2) is 15.9. The number of nitrogens with two attached hydrogens (primary N) is 1. The minimum absolute atomic E-state index is 0.162. The number of carbonyl (C=O) groups excluding carboxylic acids is 3. The second-order valence-corrected chi connectivity index (χ2v) is 11.3. The van der Waals surface area contributed by atoms with Crippen LogP contribution in [0.15, 0.2) is 84.9 Å². The molecule has 1 aliphatic rings. The third-order valence-electron chi connectivity index (χ3n) is 8.11. The van der Waals surface area contributed by atoms with Crippen molar-refractivity contribution in [3.05, 3.63) is 84.9 Å². The van der Waals surface area contributed by atoms with Gasteiger partial charge in [0.15, 0.2) is 0 Å². The van der Waals surface area contributed by atoms with Crippen molar-refractivity contribution >= 4 is 39.3 Å². The average molecular weight is 624 g/mol. The number of unbranched alkanes of at least 4 members (excludes halogenated alkanes) is 1. The van der Waals surface area contributed by atoms with E-state index in [1.54, 1.807) is 6.08 Å². The van der Waals surface area contributed by atoms with Crippen LogP contribution in [0.5, 0.6) is 11.5 Å². The Bertz CT molecular complexity index is 1720. The van der Waals surface area contributed by atoms with Gasteiger partial charge in [0, 0.05) is 17.5 Å². The van der Waals surface area contributed by atoms with E-state index in [0.717, 1.165) is 32.7 Å². The Morgan fingerprint density at radius 1 is 0.848 bits per heavy atom. The van der Waals surface area contributed by atoms with Crippen molar-refractivity contribution in [3.8, 4) is 22.6 Å². The van der Waals surface area contributed by atoms with Crippen molar-refractivity contribution in [3.63, 3.8) is 0 Å². The fourth-order valence-corrected chi connectivity index (χ4v) is 5.77. The van der Waals surface area contributed by atoms with Crippen LogP contribution in [0.4, 0.5) is 0 Å². The molecular weight excluding hydrogens is 582 g/mol. The molecule has 2 atom stereocenters. The van der Waals surface area contributed by atoms with Gasteiger partial charge in [0.2, 0.25) is 11.8 Å². The third kappa shape index (κ3) is 7.84. The molecule has 0 aromatic heterocycles. The molecule has 4 N–H and O–H groups in total. The highest BCUT2D eigenvalue weighted by Gasteiger charge is 2.27. The normalized spacial score (nSPS) is 18.0. The summed E-state index contributed by atoms with van der Waals surface area (Å²) < 4.78 is 17.7. The topological polar surface area (TPSA) is 129 Å². The van der Waals surface area contributed by atoms with Gasteiger partial charge in [0.1, 0.15) is 30.2 Å². The largest absolute Gasteiger partial charge is 0.493 e. The van der Waals surface area contributed by atoms with E-state index in [9.17, 15) is 14.4 Å². The van der Waals surface area contributed by atoms with Crippen LogP contribution in [0.1, 0.15) is 38.5 Å². The molecule has 4 aromatic rings. The summed E-state index contributed by atoms with van der Waals surface area (Å²) in [7, 11) is 1.28. The fraction of sp³-hybridized carbons (Fsp3) is 0.324. The Hall–Kier alpha value is -4.89. The van der Waals surface area contributed by atoms with Crippen LogP contribution in [0, 0.1) is 0 Å². The summed E-state index contributed by atoms with van der Waals surface area (Å²) >= 11 is 0. The van der Waals surface area contributed by atoms with Gasteiger partial charge < -0.3 is 30.6 Å². The summed E-state index contributed by atoms with van der Waals surface area (Å²) in [5.41, 5.74) is 7.48. The van der Waals surface area contributed by atoms with Crippen molar-refractivity contribution in [2.45, 2.75) is 50.6 Å². The van der Waals surface area contributed by atoms with Crippen LogP contribution in [0.25, 0.3) is 32.7 Å². The van der Waals surface area contributed by atoms with Gasteiger partial charge in [-0.3, -0.25) is 9.59 Å². The van der Waals surface area contributed by atoms with Crippen LogP contribution >= 0.6 is 0 Å². The Labute approximate surface area is 269 Å². The van der Waals surface area contributed by atoms with E-state index in [1.807, 2.05) is 54.6 Å². The summed E-state index contributed by atoms with van der Waals surface area (Å²) in [4.78, 5) is 38.9. The molecule has 46 heavy (non-hydrogen) atoms. The van der Waals surface area contributed by atoms with E-state index >= 15 is 0 Å². The molecule has 0 radical (unpaired) electrons. The standard InChI is InChI=1S/C37H41N3O6/c1-44-37(43)30-16-7-9-23-45-31-20-18-25-11-2-4-13-27(25)34(31)35-28-14-5-3-12-26(28)19-21-32(35)46-24-10-17-33(41)39-29(36(42)40-30)15-6-8-22-38/h2-5,7,9,11-14,18-21,29-30H,6,8,10,15-17,22-24,38H2,1H3,(H,39,41)(H,40,42)/t29-,30+/m1/s1. The zero-order valence-electron chi connectivity index (χ0n) is 26.1. The molecule has 9 nitrogen and oxygen atoms in total. The van der Waals surface area contributed by atoms with Crippen molar-refractivity contribution < 1.29 is 28.6 Å². The lowest BCUT2D eigenvalue weighted by atomic mass is 9.92. The van der Waals surface area contributed by atoms with E-state index in [0.29, 0.717) is 43.7 Å². The van der Waals surface area contributed by atoms with Gasteiger partial charge >= 0.3 is 5.97 Å². The lowest BCUT2D eigenvalue weighted by Crippen LogP contribution is -2.51. The number of hydrogen-bond donors (Lipinski definition) is 3. The van der Waals surface area contributed by atoms with Crippen LogP contribution in [-0.2, 0) is 19.1 Å². The molecule has 0 saturated carbocycles. The number of benzene rings is 4. The first-order valence-corrected chi connectivity index (χ1v) is 15.8. The molecule has 0 bridgehead atoms. The van der Waals surface area contributed by atoms with Gasteiger partial charge in [0.25, 0.3) is 0 Å². The van der Waals surface area contributed by atoms with Crippen molar-refractivity contribution in [1.82, 2.24) is 10.6 Å². The van der Waals surface area contributed by atoms with Crippen LogP contribution in [0.3, 0.4) is 0 Å². The quantitative estimate of drug-likeness (QED) is 0.154.